The van der Waals surface area contributed by atoms with Gasteiger partial charge in [-0.3, -0.25) is 0 Å². The third kappa shape index (κ3) is 1.72. The molecular weight excluding hydrogens is 188 g/mol. The van der Waals surface area contributed by atoms with E-state index < -0.39 is 0 Å². The highest BCUT2D eigenvalue weighted by molar-refractivity contribution is 5.42. The van der Waals surface area contributed by atoms with Gasteiger partial charge in [0.15, 0.2) is 5.65 Å². The van der Waals surface area contributed by atoms with Crippen molar-refractivity contribution >= 4 is 5.65 Å². The molecule has 2 aromatic rings. The molecule has 4 heteroatoms. The van der Waals surface area contributed by atoms with Gasteiger partial charge in [0.1, 0.15) is 0 Å². The second-order valence-corrected chi connectivity index (χ2v) is 4.09. The monoisotopic (exact) mass is 204 g/mol. The Morgan fingerprint density at radius 1 is 1.40 bits per heavy atom. The lowest BCUT2D eigenvalue weighted by Crippen LogP contribution is -2.07. The Kier molecular flexibility index (Phi) is 2.44. The average Bonchev–Trinajstić information content (AvgIpc) is 2.59. The highest BCUT2D eigenvalue weighted by Gasteiger charge is 2.09. The quantitative estimate of drug-likeness (QED) is 0.808. The standard InChI is InChI=1S/C11H16N4/c1-7(2)10-5-11-13-8(3)4-9(6-12)15(11)14-10/h4-5,7H,6,12H2,1-3H3. The Labute approximate surface area is 89.1 Å². The molecule has 0 radical (unpaired) electrons. The average molecular weight is 204 g/mol. The third-order valence-electron chi connectivity index (χ3n) is 2.45. The fourth-order valence-electron chi connectivity index (χ4n) is 1.62. The van der Waals surface area contributed by atoms with E-state index in [1.807, 2.05) is 23.6 Å². The van der Waals surface area contributed by atoms with Gasteiger partial charge in [-0.25, -0.2) is 9.50 Å². The molecule has 0 amide bonds. The highest BCUT2D eigenvalue weighted by Crippen LogP contribution is 2.15. The number of fused-ring (bicyclic) bond motifs is 1. The first-order chi connectivity index (χ1) is 7.11. The van der Waals surface area contributed by atoms with Gasteiger partial charge >= 0.3 is 0 Å². The van der Waals surface area contributed by atoms with Crippen LogP contribution in [0.3, 0.4) is 0 Å². The summed E-state index contributed by atoms with van der Waals surface area (Å²) < 4.78 is 1.84. The molecule has 0 spiro atoms. The smallest absolute Gasteiger partial charge is 0.155 e. The van der Waals surface area contributed by atoms with Crippen molar-refractivity contribution in [3.8, 4) is 0 Å². The molecule has 0 saturated heterocycles. The molecule has 0 aliphatic heterocycles. The molecule has 2 aromatic heterocycles. The van der Waals surface area contributed by atoms with E-state index in [9.17, 15) is 0 Å². The first-order valence-corrected chi connectivity index (χ1v) is 5.18. The molecule has 0 fully saturated rings. The number of nitrogens with zero attached hydrogens (tertiary/aromatic N) is 3. The van der Waals surface area contributed by atoms with Crippen molar-refractivity contribution in [2.24, 2.45) is 5.73 Å². The van der Waals surface area contributed by atoms with Gasteiger partial charge in [-0.2, -0.15) is 5.10 Å². The van der Waals surface area contributed by atoms with Crippen molar-refractivity contribution in [3.63, 3.8) is 0 Å². The van der Waals surface area contributed by atoms with Crippen LogP contribution < -0.4 is 5.73 Å². The molecule has 0 atom stereocenters. The predicted molar refractivity (Wildman–Crippen MR) is 59.7 cm³/mol. The molecule has 0 saturated carbocycles. The molecule has 0 unspecified atom stereocenters. The summed E-state index contributed by atoms with van der Waals surface area (Å²) in [6.45, 7) is 6.70. The van der Waals surface area contributed by atoms with Gasteiger partial charge in [0, 0.05) is 18.3 Å². The van der Waals surface area contributed by atoms with Crippen LogP contribution in [0.4, 0.5) is 0 Å². The molecule has 2 N–H and O–H groups in total. The number of rotatable bonds is 2. The lowest BCUT2D eigenvalue weighted by Gasteiger charge is -2.02. The lowest BCUT2D eigenvalue weighted by molar-refractivity contribution is 0.758. The Bertz CT molecular complexity index is 485. The maximum atomic E-state index is 5.68. The van der Waals surface area contributed by atoms with Crippen molar-refractivity contribution < 1.29 is 0 Å². The van der Waals surface area contributed by atoms with E-state index >= 15 is 0 Å². The van der Waals surface area contributed by atoms with Gasteiger partial charge in [0.05, 0.1) is 11.4 Å². The lowest BCUT2D eigenvalue weighted by atomic mass is 10.1. The minimum absolute atomic E-state index is 0.414. The molecule has 15 heavy (non-hydrogen) atoms. The van der Waals surface area contributed by atoms with E-state index in [2.05, 4.69) is 23.9 Å². The number of aromatic nitrogens is 3. The van der Waals surface area contributed by atoms with E-state index in [0.29, 0.717) is 12.5 Å². The summed E-state index contributed by atoms with van der Waals surface area (Å²) in [5.74, 6) is 0.414. The van der Waals surface area contributed by atoms with Crippen molar-refractivity contribution in [2.45, 2.75) is 33.2 Å². The number of aryl methyl sites for hydroxylation is 1. The summed E-state index contributed by atoms with van der Waals surface area (Å²) in [7, 11) is 0. The van der Waals surface area contributed by atoms with Crippen LogP contribution in [0.25, 0.3) is 5.65 Å². The van der Waals surface area contributed by atoms with Crippen molar-refractivity contribution in [2.75, 3.05) is 0 Å². The fraction of sp³-hybridized carbons (Fsp3) is 0.455. The van der Waals surface area contributed by atoms with E-state index in [-0.39, 0.29) is 0 Å². The summed E-state index contributed by atoms with van der Waals surface area (Å²) in [5.41, 5.74) is 9.62. The van der Waals surface area contributed by atoms with Gasteiger partial charge in [-0.05, 0) is 18.9 Å². The minimum atomic E-state index is 0.414. The normalized spacial score (nSPS) is 11.5. The molecule has 2 rings (SSSR count). The van der Waals surface area contributed by atoms with Crippen LogP contribution in [0.1, 0.15) is 36.8 Å². The number of nitrogens with two attached hydrogens (primary N) is 1. The second kappa shape index (κ2) is 3.62. The maximum Gasteiger partial charge on any atom is 0.155 e. The fourth-order valence-corrected chi connectivity index (χ4v) is 1.62. The summed E-state index contributed by atoms with van der Waals surface area (Å²) in [4.78, 5) is 4.43. The van der Waals surface area contributed by atoms with Crippen LogP contribution in [0, 0.1) is 6.92 Å². The van der Waals surface area contributed by atoms with Crippen molar-refractivity contribution in [3.05, 3.63) is 29.2 Å². The SMILES string of the molecule is Cc1cc(CN)n2nc(C(C)C)cc2n1. The van der Waals surface area contributed by atoms with E-state index in [1.54, 1.807) is 0 Å². The van der Waals surface area contributed by atoms with Crippen LogP contribution >= 0.6 is 0 Å². The zero-order valence-corrected chi connectivity index (χ0v) is 9.36. The molecular formula is C11H16N4. The van der Waals surface area contributed by atoms with Gasteiger partial charge in [-0.1, -0.05) is 13.8 Å². The highest BCUT2D eigenvalue weighted by atomic mass is 15.3. The summed E-state index contributed by atoms with van der Waals surface area (Å²) in [6.07, 6.45) is 0. The third-order valence-corrected chi connectivity index (χ3v) is 2.45. The zero-order valence-electron chi connectivity index (χ0n) is 9.36. The Hall–Kier alpha value is -1.42. The summed E-state index contributed by atoms with van der Waals surface area (Å²) in [5, 5.41) is 4.50. The van der Waals surface area contributed by atoms with Gasteiger partial charge in [0.2, 0.25) is 0 Å². The second-order valence-electron chi connectivity index (χ2n) is 4.09. The topological polar surface area (TPSA) is 56.2 Å². The number of hydrogen-bond acceptors (Lipinski definition) is 3. The van der Waals surface area contributed by atoms with Gasteiger partial charge in [-0.15, -0.1) is 0 Å². The van der Waals surface area contributed by atoms with Crippen LogP contribution in [0.5, 0.6) is 0 Å². The maximum absolute atomic E-state index is 5.68. The van der Waals surface area contributed by atoms with Crippen molar-refractivity contribution in [1.29, 1.82) is 0 Å². The van der Waals surface area contributed by atoms with Gasteiger partial charge < -0.3 is 5.73 Å². The Morgan fingerprint density at radius 2 is 2.13 bits per heavy atom. The van der Waals surface area contributed by atoms with E-state index in [0.717, 1.165) is 22.7 Å². The van der Waals surface area contributed by atoms with Gasteiger partial charge in [0.25, 0.3) is 0 Å². The van der Waals surface area contributed by atoms with Crippen LogP contribution in [0.15, 0.2) is 12.1 Å². The molecule has 0 aliphatic rings. The first kappa shape index (κ1) is 10.1. The largest absolute Gasteiger partial charge is 0.325 e. The Balaban J connectivity index is 2.68. The summed E-state index contributed by atoms with van der Waals surface area (Å²) in [6, 6.07) is 4.00. The molecule has 0 bridgehead atoms. The number of hydrogen-bond donors (Lipinski definition) is 1. The minimum Gasteiger partial charge on any atom is -0.325 e. The first-order valence-electron chi connectivity index (χ1n) is 5.18. The predicted octanol–water partition coefficient (Wildman–Crippen LogP) is 1.62. The van der Waals surface area contributed by atoms with E-state index in [4.69, 9.17) is 5.73 Å². The van der Waals surface area contributed by atoms with Crippen LogP contribution in [-0.2, 0) is 6.54 Å². The molecule has 80 valence electrons. The Morgan fingerprint density at radius 3 is 2.73 bits per heavy atom. The molecule has 0 aromatic carbocycles. The van der Waals surface area contributed by atoms with Crippen LogP contribution in [-0.4, -0.2) is 14.6 Å². The van der Waals surface area contributed by atoms with Crippen LogP contribution in [0.2, 0.25) is 0 Å². The molecule has 2 heterocycles. The van der Waals surface area contributed by atoms with Crippen molar-refractivity contribution in [1.82, 2.24) is 14.6 Å². The summed E-state index contributed by atoms with van der Waals surface area (Å²) >= 11 is 0. The molecule has 0 aliphatic carbocycles. The van der Waals surface area contributed by atoms with E-state index in [1.165, 1.54) is 0 Å². The molecule has 4 nitrogen and oxygen atoms in total. The zero-order chi connectivity index (χ0) is 11.0.